The van der Waals surface area contributed by atoms with E-state index in [9.17, 15) is 0 Å². The minimum Gasteiger partial charge on any atom is -0.292 e. The van der Waals surface area contributed by atoms with Gasteiger partial charge in [0.25, 0.3) is 0 Å². The number of aromatic nitrogens is 5. The third kappa shape index (κ3) is 4.20. The molecule has 3 heterocycles. The van der Waals surface area contributed by atoms with Crippen LogP contribution in [-0.4, -0.2) is 24.3 Å². The molecule has 0 N–H and O–H groups in total. The van der Waals surface area contributed by atoms with Gasteiger partial charge in [-0.2, -0.15) is 5.10 Å². The molecule has 0 saturated carbocycles. The number of hydrogen-bond acceptors (Lipinski definition) is 3. The van der Waals surface area contributed by atoms with Gasteiger partial charge in [-0.15, -0.1) is 0 Å². The Hall–Kier alpha value is -4.51. The topological polar surface area (TPSA) is 48.5 Å². The molecule has 38 heavy (non-hydrogen) atoms. The molecular weight excluding hydrogens is 466 g/mol. The van der Waals surface area contributed by atoms with Crippen LogP contribution >= 0.6 is 0 Å². The lowest BCUT2D eigenvalue weighted by Gasteiger charge is -2.20. The van der Waals surface area contributed by atoms with Gasteiger partial charge in [0.1, 0.15) is 5.82 Å². The molecule has 3 aromatic heterocycles. The van der Waals surface area contributed by atoms with E-state index in [0.29, 0.717) is 11.8 Å². The van der Waals surface area contributed by atoms with Gasteiger partial charge in [-0.1, -0.05) is 76.2 Å². The fourth-order valence-electron chi connectivity index (χ4n) is 5.17. The Morgan fingerprint density at radius 3 is 2.11 bits per heavy atom. The van der Waals surface area contributed by atoms with E-state index in [1.807, 2.05) is 30.5 Å². The highest BCUT2D eigenvalue weighted by Gasteiger charge is 2.22. The number of imidazole rings is 1. The van der Waals surface area contributed by atoms with Gasteiger partial charge < -0.3 is 0 Å². The van der Waals surface area contributed by atoms with Crippen LogP contribution in [0.5, 0.6) is 0 Å². The van der Waals surface area contributed by atoms with Crippen molar-refractivity contribution in [1.29, 1.82) is 0 Å². The third-order valence-corrected chi connectivity index (χ3v) is 7.03. The fraction of sp³-hybridized carbons (Fsp3) is 0.182. The monoisotopic (exact) mass is 497 g/mol. The van der Waals surface area contributed by atoms with Gasteiger partial charge in [0.15, 0.2) is 5.82 Å². The number of para-hydroxylation sites is 1. The molecule has 0 aliphatic carbocycles. The van der Waals surface area contributed by atoms with E-state index in [2.05, 4.69) is 104 Å². The number of fused-ring (bicyclic) bond motifs is 1. The second kappa shape index (κ2) is 9.75. The van der Waals surface area contributed by atoms with E-state index in [1.165, 1.54) is 16.7 Å². The van der Waals surface area contributed by atoms with Crippen molar-refractivity contribution in [2.45, 2.75) is 39.5 Å². The molecule has 0 aliphatic heterocycles. The van der Waals surface area contributed by atoms with Crippen molar-refractivity contribution < 1.29 is 0 Å². The number of rotatable bonds is 6. The van der Waals surface area contributed by atoms with Crippen molar-refractivity contribution in [2.24, 2.45) is 0 Å². The molecule has 6 aromatic rings. The van der Waals surface area contributed by atoms with Crippen molar-refractivity contribution in [3.05, 3.63) is 115 Å². The molecule has 5 heteroatoms. The molecule has 0 amide bonds. The quantitative estimate of drug-likeness (QED) is 0.233. The Balaban J connectivity index is 1.62. The van der Waals surface area contributed by atoms with Crippen molar-refractivity contribution in [2.75, 3.05) is 0 Å². The summed E-state index contributed by atoms with van der Waals surface area (Å²) in [6.07, 6.45) is 3.67. The first-order chi connectivity index (χ1) is 18.5. The summed E-state index contributed by atoms with van der Waals surface area (Å²) < 4.78 is 4.09. The first-order valence-corrected chi connectivity index (χ1v) is 13.2. The van der Waals surface area contributed by atoms with E-state index in [1.54, 1.807) is 10.9 Å². The largest absolute Gasteiger partial charge is 0.292 e. The molecule has 0 fully saturated rings. The highest BCUT2D eigenvalue weighted by atomic mass is 15.3. The molecule has 5 nitrogen and oxygen atoms in total. The Labute approximate surface area is 223 Å². The maximum absolute atomic E-state index is 5.27. The molecule has 0 unspecified atom stereocenters. The lowest BCUT2D eigenvalue weighted by molar-refractivity contribution is 0.832. The van der Waals surface area contributed by atoms with Crippen molar-refractivity contribution in [1.82, 2.24) is 24.3 Å². The molecule has 3 aromatic carbocycles. The average molecular weight is 498 g/mol. The van der Waals surface area contributed by atoms with Crippen LogP contribution < -0.4 is 0 Å². The maximum atomic E-state index is 5.27. The zero-order valence-corrected chi connectivity index (χ0v) is 22.2. The van der Waals surface area contributed by atoms with Gasteiger partial charge >= 0.3 is 0 Å². The van der Waals surface area contributed by atoms with Crippen LogP contribution in [0.4, 0.5) is 0 Å². The van der Waals surface area contributed by atoms with Crippen molar-refractivity contribution in [3.63, 3.8) is 0 Å². The predicted octanol–water partition coefficient (Wildman–Crippen LogP) is 8.19. The van der Waals surface area contributed by atoms with Crippen LogP contribution in [0.1, 0.15) is 50.7 Å². The highest BCUT2D eigenvalue weighted by molar-refractivity contribution is 5.88. The minimum atomic E-state index is 0.373. The number of hydrogen-bond donors (Lipinski definition) is 0. The Kier molecular flexibility index (Phi) is 6.12. The molecule has 0 saturated heterocycles. The summed E-state index contributed by atoms with van der Waals surface area (Å²) in [5.41, 5.74) is 8.91. The van der Waals surface area contributed by atoms with Gasteiger partial charge in [-0.05, 0) is 65.4 Å². The Morgan fingerprint density at radius 2 is 1.42 bits per heavy atom. The summed E-state index contributed by atoms with van der Waals surface area (Å²) in [7, 11) is 0. The lowest BCUT2D eigenvalue weighted by Crippen LogP contribution is -2.05. The van der Waals surface area contributed by atoms with Gasteiger partial charge in [-0.25, -0.2) is 14.6 Å². The minimum absolute atomic E-state index is 0.373. The van der Waals surface area contributed by atoms with Crippen LogP contribution in [-0.2, 0) is 0 Å². The number of benzene rings is 3. The maximum Gasteiger partial charge on any atom is 0.153 e. The van der Waals surface area contributed by atoms with Crippen LogP contribution in [0.2, 0.25) is 0 Å². The van der Waals surface area contributed by atoms with Gasteiger partial charge in [0, 0.05) is 29.2 Å². The number of nitrogens with zero attached hydrogens (tertiary/aromatic N) is 5. The molecule has 188 valence electrons. The molecule has 0 aliphatic rings. The zero-order chi connectivity index (χ0) is 26.2. The van der Waals surface area contributed by atoms with E-state index < -0.39 is 0 Å². The Bertz CT molecular complexity index is 1680. The van der Waals surface area contributed by atoms with Crippen LogP contribution in [0.3, 0.4) is 0 Å². The summed E-state index contributed by atoms with van der Waals surface area (Å²) in [6.45, 7) is 9.03. The average Bonchev–Trinajstić information content (AvgIpc) is 3.61. The van der Waals surface area contributed by atoms with E-state index in [4.69, 9.17) is 9.97 Å². The second-order valence-corrected chi connectivity index (χ2v) is 10.3. The smallest absolute Gasteiger partial charge is 0.153 e. The predicted molar refractivity (Wildman–Crippen MR) is 155 cm³/mol. The summed E-state index contributed by atoms with van der Waals surface area (Å²) >= 11 is 0. The summed E-state index contributed by atoms with van der Waals surface area (Å²) in [5.74, 6) is 2.52. The van der Waals surface area contributed by atoms with Gasteiger partial charge in [0.2, 0.25) is 0 Å². The summed E-state index contributed by atoms with van der Waals surface area (Å²) in [5, 5.41) is 4.35. The van der Waals surface area contributed by atoms with E-state index in [0.717, 1.165) is 39.6 Å². The number of pyridine rings is 1. The Morgan fingerprint density at radius 1 is 0.684 bits per heavy atom. The SMILES string of the molecule is CC(C)c1cccc(C(C)C)c1-c1nc2ccc(-c3cccc(-n4cccn4)n3)cc2n1-c1ccccc1. The molecule has 0 atom stereocenters. The normalized spacial score (nSPS) is 11.6. The fourth-order valence-corrected chi connectivity index (χ4v) is 5.17. The standard InChI is InChI=1S/C33H31N5/c1-22(2)26-13-8-14-27(23(3)4)32(26)33-36-29-18-17-24(21-30(29)38(33)25-11-6-5-7-12-25)28-15-9-16-31(35-28)37-20-10-19-34-37/h5-23H,1-4H3. The third-order valence-electron chi connectivity index (χ3n) is 7.03. The lowest BCUT2D eigenvalue weighted by atomic mass is 9.88. The van der Waals surface area contributed by atoms with Gasteiger partial charge in [-0.3, -0.25) is 4.57 Å². The van der Waals surface area contributed by atoms with Gasteiger partial charge in [0.05, 0.1) is 16.7 Å². The second-order valence-electron chi connectivity index (χ2n) is 10.3. The van der Waals surface area contributed by atoms with E-state index >= 15 is 0 Å². The highest BCUT2D eigenvalue weighted by Crippen LogP contribution is 2.39. The zero-order valence-electron chi connectivity index (χ0n) is 22.2. The van der Waals surface area contributed by atoms with Crippen LogP contribution in [0, 0.1) is 0 Å². The molecule has 0 spiro atoms. The summed E-state index contributed by atoms with van der Waals surface area (Å²) in [4.78, 5) is 10.2. The van der Waals surface area contributed by atoms with Crippen molar-refractivity contribution >= 4 is 11.0 Å². The molecular formula is C33H31N5. The molecule has 0 bridgehead atoms. The summed E-state index contributed by atoms with van der Waals surface area (Å²) in [6, 6.07) is 31.6. The first kappa shape index (κ1) is 23.9. The molecule has 6 rings (SSSR count). The van der Waals surface area contributed by atoms with Crippen LogP contribution in [0.15, 0.2) is 103 Å². The van der Waals surface area contributed by atoms with Crippen molar-refractivity contribution in [3.8, 4) is 34.2 Å². The first-order valence-electron chi connectivity index (χ1n) is 13.2. The molecule has 0 radical (unpaired) electrons. The van der Waals surface area contributed by atoms with Crippen LogP contribution in [0.25, 0.3) is 45.2 Å². The van der Waals surface area contributed by atoms with E-state index in [-0.39, 0.29) is 0 Å².